The number of aromatic nitrogens is 1. The summed E-state index contributed by atoms with van der Waals surface area (Å²) in [5.74, 6) is -0.129. The molecule has 0 saturated heterocycles. The molecule has 3 rings (SSSR count). The molecule has 0 unspecified atom stereocenters. The molecular formula is C21H18BrN3O5. The molecule has 30 heavy (non-hydrogen) atoms. The number of benzene rings is 2. The Hall–Kier alpha value is -3.46. The first-order valence-corrected chi connectivity index (χ1v) is 9.67. The molecule has 1 heterocycles. The molecule has 0 aliphatic heterocycles. The third kappa shape index (κ3) is 4.25. The molecule has 8 nitrogen and oxygen atoms in total. The van der Waals surface area contributed by atoms with Crippen LogP contribution in [0.3, 0.4) is 0 Å². The number of para-hydroxylation sites is 1. The number of hydrogen-bond donors (Lipinski definition) is 1. The Morgan fingerprint density at radius 3 is 2.53 bits per heavy atom. The van der Waals surface area contributed by atoms with E-state index in [4.69, 9.17) is 4.74 Å². The van der Waals surface area contributed by atoms with Crippen LogP contribution in [0.1, 0.15) is 12.5 Å². The van der Waals surface area contributed by atoms with Crippen LogP contribution in [0.15, 0.2) is 57.9 Å². The second-order valence-electron chi connectivity index (χ2n) is 6.64. The second kappa shape index (κ2) is 8.50. The van der Waals surface area contributed by atoms with Gasteiger partial charge in [-0.15, -0.1) is 0 Å². The third-order valence-electron chi connectivity index (χ3n) is 4.35. The van der Waals surface area contributed by atoms with Gasteiger partial charge in [0.25, 0.3) is 5.56 Å². The van der Waals surface area contributed by atoms with Gasteiger partial charge < -0.3 is 14.6 Å². The minimum Gasteiger partial charge on any atom is -0.448 e. The monoisotopic (exact) mass is 471 g/mol. The van der Waals surface area contributed by atoms with E-state index in [0.29, 0.717) is 26.9 Å². The Balaban J connectivity index is 2.33. The summed E-state index contributed by atoms with van der Waals surface area (Å²) >= 11 is 3.38. The van der Waals surface area contributed by atoms with Crippen molar-refractivity contribution >= 4 is 33.2 Å². The van der Waals surface area contributed by atoms with Crippen LogP contribution >= 0.6 is 15.9 Å². The van der Waals surface area contributed by atoms with E-state index in [1.54, 1.807) is 56.6 Å². The van der Waals surface area contributed by atoms with Gasteiger partial charge in [0.15, 0.2) is 0 Å². The average molecular weight is 472 g/mol. The summed E-state index contributed by atoms with van der Waals surface area (Å²) in [5.41, 5.74) is 0.913. The van der Waals surface area contributed by atoms with E-state index in [9.17, 15) is 19.7 Å². The number of ether oxygens (including phenoxy) is 1. The van der Waals surface area contributed by atoms with Gasteiger partial charge in [-0.25, -0.2) is 0 Å². The summed E-state index contributed by atoms with van der Waals surface area (Å²) < 4.78 is 8.00. The first-order valence-electron chi connectivity index (χ1n) is 8.88. The average Bonchev–Trinajstić information content (AvgIpc) is 2.67. The Kier molecular flexibility index (Phi) is 6.02. The molecule has 0 radical (unpaired) electrons. The molecule has 1 amide bonds. The molecule has 0 aliphatic rings. The van der Waals surface area contributed by atoms with Gasteiger partial charge in [0.05, 0.1) is 9.40 Å². The highest BCUT2D eigenvalue weighted by Crippen LogP contribution is 2.46. The third-order valence-corrected chi connectivity index (χ3v) is 5.00. The van der Waals surface area contributed by atoms with Crippen LogP contribution in [0.2, 0.25) is 0 Å². The number of nitrogens with zero attached hydrogens (tertiary/aromatic N) is 2. The number of nitro groups is 1. The van der Waals surface area contributed by atoms with Crippen molar-refractivity contribution in [1.82, 2.24) is 4.57 Å². The zero-order valence-electron chi connectivity index (χ0n) is 16.4. The second-order valence-corrected chi connectivity index (χ2v) is 7.49. The molecule has 3 aromatic rings. The van der Waals surface area contributed by atoms with Crippen molar-refractivity contribution in [3.8, 4) is 22.6 Å². The number of anilines is 1. The van der Waals surface area contributed by atoms with E-state index < -0.39 is 10.8 Å². The zero-order valence-corrected chi connectivity index (χ0v) is 18.0. The van der Waals surface area contributed by atoms with Crippen molar-refractivity contribution in [1.29, 1.82) is 0 Å². The van der Waals surface area contributed by atoms with Crippen molar-refractivity contribution in [3.63, 3.8) is 0 Å². The lowest BCUT2D eigenvalue weighted by Gasteiger charge is -2.16. The van der Waals surface area contributed by atoms with Crippen molar-refractivity contribution < 1.29 is 14.5 Å². The van der Waals surface area contributed by atoms with Crippen molar-refractivity contribution in [2.75, 3.05) is 5.32 Å². The topological polar surface area (TPSA) is 103 Å². The quantitative estimate of drug-likeness (QED) is 0.425. The lowest BCUT2D eigenvalue weighted by molar-refractivity contribution is -0.384. The summed E-state index contributed by atoms with van der Waals surface area (Å²) in [4.78, 5) is 35.0. The number of hydrogen-bond acceptors (Lipinski definition) is 5. The van der Waals surface area contributed by atoms with Gasteiger partial charge in [0.2, 0.25) is 11.7 Å². The molecule has 1 N–H and O–H groups in total. The van der Waals surface area contributed by atoms with Crippen LogP contribution in [0.25, 0.3) is 11.1 Å². The van der Waals surface area contributed by atoms with E-state index >= 15 is 0 Å². The SMILES string of the molecule is CC(=O)Nc1ccc(-c2cc(C)c(=O)n(C)c2)c(Oc2ccccc2Br)c1[N+](=O)[O-]. The van der Waals surface area contributed by atoms with E-state index in [-0.39, 0.29) is 22.7 Å². The first-order chi connectivity index (χ1) is 14.2. The molecule has 1 aromatic heterocycles. The highest BCUT2D eigenvalue weighted by atomic mass is 79.9. The Morgan fingerprint density at radius 1 is 1.23 bits per heavy atom. The van der Waals surface area contributed by atoms with Crippen LogP contribution in [-0.4, -0.2) is 15.4 Å². The number of nitro benzene ring substituents is 1. The molecule has 2 aromatic carbocycles. The highest BCUT2D eigenvalue weighted by Gasteiger charge is 2.27. The molecule has 0 atom stereocenters. The van der Waals surface area contributed by atoms with E-state index in [1.165, 1.54) is 17.6 Å². The fourth-order valence-corrected chi connectivity index (χ4v) is 3.40. The van der Waals surface area contributed by atoms with Crippen LogP contribution in [-0.2, 0) is 11.8 Å². The molecule has 154 valence electrons. The molecule has 0 fully saturated rings. The maximum atomic E-state index is 12.1. The number of pyridine rings is 1. The van der Waals surface area contributed by atoms with Crippen molar-refractivity contribution in [3.05, 3.63) is 79.2 Å². The number of carbonyl (C=O) groups excluding carboxylic acids is 1. The van der Waals surface area contributed by atoms with Gasteiger partial charge in [-0.3, -0.25) is 19.7 Å². The largest absolute Gasteiger partial charge is 0.448 e. The fourth-order valence-electron chi connectivity index (χ4n) is 3.04. The summed E-state index contributed by atoms with van der Waals surface area (Å²) in [6.45, 7) is 2.93. The number of nitrogens with one attached hydrogen (secondary N) is 1. The van der Waals surface area contributed by atoms with Gasteiger partial charge >= 0.3 is 5.69 Å². The number of carbonyl (C=O) groups is 1. The summed E-state index contributed by atoms with van der Waals surface area (Å²) in [5, 5.41) is 14.5. The molecule has 0 bridgehead atoms. The predicted molar refractivity (Wildman–Crippen MR) is 117 cm³/mol. The summed E-state index contributed by atoms with van der Waals surface area (Å²) in [7, 11) is 1.60. The molecule has 0 spiro atoms. The van der Waals surface area contributed by atoms with E-state index in [2.05, 4.69) is 21.2 Å². The Morgan fingerprint density at radius 2 is 1.93 bits per heavy atom. The predicted octanol–water partition coefficient (Wildman–Crippen LogP) is 4.78. The molecule has 9 heteroatoms. The minimum absolute atomic E-state index is 0.0137. The minimum atomic E-state index is -0.601. The highest BCUT2D eigenvalue weighted by molar-refractivity contribution is 9.10. The fraction of sp³-hybridized carbons (Fsp3) is 0.143. The van der Waals surface area contributed by atoms with Gasteiger partial charge in [0, 0.05) is 36.9 Å². The lowest BCUT2D eigenvalue weighted by atomic mass is 10.0. The van der Waals surface area contributed by atoms with E-state index in [0.717, 1.165) is 0 Å². The standard InChI is InChI=1S/C21H18BrN3O5/c1-12-10-14(11-24(3)21(12)27)15-8-9-17(23-13(2)26)19(25(28)29)20(15)30-18-7-5-4-6-16(18)22/h4-11H,1-3H3,(H,23,26). The van der Waals surface area contributed by atoms with Gasteiger partial charge in [-0.1, -0.05) is 12.1 Å². The van der Waals surface area contributed by atoms with Crippen LogP contribution < -0.4 is 15.6 Å². The van der Waals surface area contributed by atoms with Gasteiger partial charge in [-0.05, 0) is 53.2 Å². The van der Waals surface area contributed by atoms with Crippen LogP contribution in [0.4, 0.5) is 11.4 Å². The number of rotatable bonds is 5. The normalized spacial score (nSPS) is 10.5. The molecular weight excluding hydrogens is 454 g/mol. The van der Waals surface area contributed by atoms with Gasteiger partial charge in [-0.2, -0.15) is 0 Å². The molecule has 0 aliphatic carbocycles. The Bertz CT molecular complexity index is 1190. The van der Waals surface area contributed by atoms with Gasteiger partial charge in [0.1, 0.15) is 11.4 Å². The van der Waals surface area contributed by atoms with Crippen LogP contribution in [0, 0.1) is 17.0 Å². The van der Waals surface area contributed by atoms with E-state index in [1.807, 2.05) is 0 Å². The Labute approximate surface area is 180 Å². The maximum absolute atomic E-state index is 12.1. The van der Waals surface area contributed by atoms with Crippen molar-refractivity contribution in [2.24, 2.45) is 7.05 Å². The zero-order chi connectivity index (χ0) is 22.0. The lowest BCUT2D eigenvalue weighted by Crippen LogP contribution is -2.18. The molecule has 0 saturated carbocycles. The number of halogens is 1. The number of amides is 1. The first kappa shape index (κ1) is 21.3. The van der Waals surface area contributed by atoms with Crippen LogP contribution in [0.5, 0.6) is 11.5 Å². The summed E-state index contributed by atoms with van der Waals surface area (Å²) in [6.07, 6.45) is 1.58. The van der Waals surface area contributed by atoms with Crippen molar-refractivity contribution in [2.45, 2.75) is 13.8 Å². The number of aryl methyl sites for hydroxylation is 2. The smallest absolute Gasteiger partial charge is 0.335 e. The summed E-state index contributed by atoms with van der Waals surface area (Å²) in [6, 6.07) is 11.6. The maximum Gasteiger partial charge on any atom is 0.335 e.